The smallest absolute Gasteiger partial charge is 0.300 e. The number of Topliss-reactive ketones (excluding diaryl/α,β-unsaturated/α-hetero) is 4. The first-order valence-corrected chi connectivity index (χ1v) is 17.9. The Bertz CT molecular complexity index is 2070. The van der Waals surface area contributed by atoms with E-state index in [0.29, 0.717) is 41.8 Å². The summed E-state index contributed by atoms with van der Waals surface area (Å²) in [6.45, 7) is 1.08. The van der Waals surface area contributed by atoms with Crippen molar-refractivity contribution in [2.24, 2.45) is 0 Å². The monoisotopic (exact) mass is 979 g/mol. The maximum absolute atomic E-state index is 12.5. The van der Waals surface area contributed by atoms with Crippen LogP contribution in [0.25, 0.3) is 11.1 Å². The number of ketones is 4. The van der Waals surface area contributed by atoms with E-state index < -0.39 is 5.97 Å². The van der Waals surface area contributed by atoms with Gasteiger partial charge in [-0.3, -0.25) is 28.8 Å². The van der Waals surface area contributed by atoms with E-state index in [4.69, 9.17) is 9.90 Å². The molecule has 0 saturated carbocycles. The van der Waals surface area contributed by atoms with Crippen LogP contribution >= 0.6 is 76.1 Å². The lowest BCUT2D eigenvalue weighted by Crippen LogP contribution is -2.08. The summed E-state index contributed by atoms with van der Waals surface area (Å²) in [7, 11) is 0. The molecule has 272 valence electrons. The number of anilines is 1. The van der Waals surface area contributed by atoms with E-state index in [1.54, 1.807) is 12.1 Å². The molecular formula is C39H34Br4ClNO7. The molecule has 0 atom stereocenters. The third kappa shape index (κ3) is 10.3. The number of carbonyl (C=O) groups excluding carboxylic acids is 5. The van der Waals surface area contributed by atoms with Crippen LogP contribution in [0.4, 0.5) is 5.69 Å². The topological polar surface area (TPSA) is 135 Å². The second-order valence-corrected chi connectivity index (χ2v) is 15.0. The van der Waals surface area contributed by atoms with Gasteiger partial charge >= 0.3 is 0 Å². The largest absolute Gasteiger partial charge is 0.481 e. The highest BCUT2D eigenvalue weighted by Gasteiger charge is 2.35. The van der Waals surface area contributed by atoms with E-state index >= 15 is 0 Å². The first kappa shape index (κ1) is 44.6. The summed E-state index contributed by atoms with van der Waals surface area (Å²) < 4.78 is 3.79. The van der Waals surface area contributed by atoms with Crippen LogP contribution in [0.1, 0.15) is 65.5 Å². The highest BCUT2D eigenvalue weighted by molar-refractivity contribution is 9.11. The third-order valence-electron chi connectivity index (χ3n) is 7.80. The van der Waals surface area contributed by atoms with Crippen LogP contribution in [-0.2, 0) is 49.7 Å². The highest BCUT2D eigenvalue weighted by atomic mass is 79.9. The minimum Gasteiger partial charge on any atom is -0.481 e. The maximum Gasteiger partial charge on any atom is 0.300 e. The predicted octanol–water partition coefficient (Wildman–Crippen LogP) is 9.86. The standard InChI is InChI=1S/C17H9Br2NO2.C9H5BrO2.C9H7BrO.C2H4O2.2CH4.ClH/c18-9-1-3-11-8(5-9)6-14(21)15(11)16-12-4-2-10(19)7-13(12)20-17(16)22;10-6-1-2-7-5(3-6)4-8(11)9(7)12;10-8-2-1-6-4-9(11)5-7(6)3-8;1-2(3)4;;;/h1-5,7H,6H2,(H,20,22);1-3H,4H2;1-3H,4-5H2;1H3,(H,3,4);2*1H4;1H/b16-15+;;;;;;. The van der Waals surface area contributed by atoms with E-state index in [1.807, 2.05) is 60.7 Å². The normalized spacial score (nSPS) is 15.3. The van der Waals surface area contributed by atoms with Gasteiger partial charge in [0.1, 0.15) is 5.78 Å². The van der Waals surface area contributed by atoms with Crippen LogP contribution in [0, 0.1) is 0 Å². The van der Waals surface area contributed by atoms with Gasteiger partial charge in [0.15, 0.2) is 5.78 Å². The number of halogens is 5. The number of amides is 1. The number of benzene rings is 4. The number of rotatable bonds is 0. The summed E-state index contributed by atoms with van der Waals surface area (Å²) in [5.74, 6) is -1.38. The average Bonchev–Trinajstić information content (AvgIpc) is 3.72. The zero-order valence-corrected chi connectivity index (χ0v) is 33.2. The molecule has 8 rings (SSSR count). The van der Waals surface area contributed by atoms with Crippen molar-refractivity contribution in [3.63, 3.8) is 0 Å². The number of allylic oxidation sites excluding steroid dienone is 1. The fraction of sp³-hybridized carbons (Fsp3) is 0.179. The first-order valence-electron chi connectivity index (χ1n) is 14.7. The Kier molecular flexibility index (Phi) is 16.3. The first-order chi connectivity index (χ1) is 23.2. The van der Waals surface area contributed by atoms with E-state index in [-0.39, 0.29) is 56.9 Å². The van der Waals surface area contributed by atoms with Gasteiger partial charge in [0.25, 0.3) is 11.9 Å². The quantitative estimate of drug-likeness (QED) is 0.132. The number of fused-ring (bicyclic) bond motifs is 4. The minimum atomic E-state index is -0.833. The molecule has 1 aliphatic heterocycles. The van der Waals surface area contributed by atoms with Gasteiger partial charge in [-0.1, -0.05) is 96.8 Å². The van der Waals surface area contributed by atoms with E-state index in [0.717, 1.165) is 52.8 Å². The molecule has 52 heavy (non-hydrogen) atoms. The number of carbonyl (C=O) groups is 6. The van der Waals surface area contributed by atoms with Crippen molar-refractivity contribution in [2.45, 2.75) is 47.5 Å². The molecule has 0 saturated heterocycles. The predicted molar refractivity (Wildman–Crippen MR) is 220 cm³/mol. The molecular weight excluding hydrogens is 949 g/mol. The molecule has 3 aliphatic carbocycles. The van der Waals surface area contributed by atoms with Gasteiger partial charge in [-0.25, -0.2) is 0 Å². The highest BCUT2D eigenvalue weighted by Crippen LogP contribution is 2.42. The van der Waals surface area contributed by atoms with Crippen molar-refractivity contribution in [1.82, 2.24) is 0 Å². The number of aliphatic carboxylic acids is 1. The Hall–Kier alpha value is -3.55. The molecule has 0 radical (unpaired) electrons. The molecule has 2 N–H and O–H groups in total. The van der Waals surface area contributed by atoms with Gasteiger partial charge in [-0.2, -0.15) is 0 Å². The number of carboxylic acid groups (broad SMARTS) is 1. The van der Waals surface area contributed by atoms with Crippen LogP contribution in [0.3, 0.4) is 0 Å². The fourth-order valence-corrected chi connectivity index (χ4v) is 7.37. The van der Waals surface area contributed by atoms with Crippen molar-refractivity contribution in [1.29, 1.82) is 0 Å². The second-order valence-electron chi connectivity index (χ2n) is 11.4. The summed E-state index contributed by atoms with van der Waals surface area (Å²) in [6.07, 6.45) is 1.84. The number of carboxylic acids is 1. The van der Waals surface area contributed by atoms with Crippen molar-refractivity contribution in [3.8, 4) is 0 Å². The lowest BCUT2D eigenvalue weighted by molar-refractivity contribution is -0.134. The molecule has 1 amide bonds. The van der Waals surface area contributed by atoms with E-state index in [1.165, 1.54) is 11.1 Å². The fourth-order valence-electron chi connectivity index (χ4n) is 5.78. The van der Waals surface area contributed by atoms with Gasteiger partial charge in [-0.05, 0) is 82.4 Å². The Balaban J connectivity index is 0.000000267. The molecule has 4 aliphatic rings. The van der Waals surface area contributed by atoms with Crippen molar-refractivity contribution in [2.75, 3.05) is 5.32 Å². The lowest BCUT2D eigenvalue weighted by atomic mass is 9.96. The molecule has 0 fully saturated rings. The average molecular weight is 984 g/mol. The Morgan fingerprint density at radius 2 is 1.02 bits per heavy atom. The summed E-state index contributed by atoms with van der Waals surface area (Å²) in [6, 6.07) is 22.6. The van der Waals surface area contributed by atoms with Crippen LogP contribution in [-0.4, -0.2) is 40.1 Å². The van der Waals surface area contributed by atoms with Crippen LogP contribution < -0.4 is 5.32 Å². The Morgan fingerprint density at radius 1 is 0.577 bits per heavy atom. The molecule has 1 heterocycles. The number of hydrogen-bond donors (Lipinski definition) is 2. The van der Waals surface area contributed by atoms with Gasteiger partial charge in [0.05, 0.1) is 11.3 Å². The van der Waals surface area contributed by atoms with Gasteiger partial charge in [-0.15, -0.1) is 12.4 Å². The maximum atomic E-state index is 12.5. The van der Waals surface area contributed by atoms with Gasteiger partial charge in [0, 0.05) is 67.2 Å². The Morgan fingerprint density at radius 3 is 1.62 bits per heavy atom. The zero-order valence-electron chi connectivity index (χ0n) is 26.1. The van der Waals surface area contributed by atoms with Crippen LogP contribution in [0.15, 0.2) is 90.7 Å². The van der Waals surface area contributed by atoms with E-state index in [2.05, 4.69) is 69.0 Å². The minimum absolute atomic E-state index is 0. The number of hydrogen-bond acceptors (Lipinski definition) is 6. The molecule has 0 unspecified atom stereocenters. The molecule has 0 spiro atoms. The molecule has 8 nitrogen and oxygen atoms in total. The van der Waals surface area contributed by atoms with Crippen molar-refractivity contribution in [3.05, 3.63) is 130 Å². The van der Waals surface area contributed by atoms with Crippen LogP contribution in [0.2, 0.25) is 0 Å². The summed E-state index contributed by atoms with van der Waals surface area (Å²) in [5.41, 5.74) is 8.11. The zero-order chi connectivity index (χ0) is 35.6. The number of nitrogens with one attached hydrogen (secondary N) is 1. The molecule has 0 bridgehead atoms. The molecule has 4 aromatic rings. The Labute approximate surface area is 341 Å². The van der Waals surface area contributed by atoms with Gasteiger partial charge < -0.3 is 10.4 Å². The second kappa shape index (κ2) is 19.0. The van der Waals surface area contributed by atoms with Crippen molar-refractivity contribution < 1.29 is 33.9 Å². The molecule has 4 aromatic carbocycles. The molecule has 0 aromatic heterocycles. The van der Waals surface area contributed by atoms with E-state index in [9.17, 15) is 24.0 Å². The SMILES string of the molecule is C.C.CC(=O)O.Cl.O=C1Cc2cc(Br)ccc2/C1=C1\C(=O)Nc2cc(Br)ccc21.O=C1Cc2cc(Br)ccc2C1=O.O=C1Cc2ccc(Br)cc2C1. The van der Waals surface area contributed by atoms with Gasteiger partial charge in [0.2, 0.25) is 11.6 Å². The van der Waals surface area contributed by atoms with Crippen LogP contribution in [0.5, 0.6) is 0 Å². The lowest BCUT2D eigenvalue weighted by Gasteiger charge is -2.05. The summed E-state index contributed by atoms with van der Waals surface area (Å²) in [5, 5.41) is 10.3. The summed E-state index contributed by atoms with van der Waals surface area (Å²) in [4.78, 5) is 67.0. The molecule has 13 heteroatoms. The van der Waals surface area contributed by atoms with Crippen molar-refractivity contribution >= 4 is 128 Å². The summed E-state index contributed by atoms with van der Waals surface area (Å²) >= 11 is 13.5. The third-order valence-corrected chi connectivity index (χ3v) is 9.78.